The number of nitrogens with one attached hydrogen (secondary N) is 1. The quantitative estimate of drug-likeness (QED) is 0.451. The molecule has 0 atom stereocenters. The molecule has 0 radical (unpaired) electrons. The first-order valence-corrected chi connectivity index (χ1v) is 4.52. The van der Waals surface area contributed by atoms with Crippen LogP contribution in [0.1, 0.15) is 19.3 Å². The average Bonchev–Trinajstić information content (AvgIpc) is 2.08. The molecule has 0 aliphatic carbocycles. The second kappa shape index (κ2) is 7.73. The molecular weight excluding hydrogens is 168 g/mol. The maximum absolute atomic E-state index is 11.0. The van der Waals surface area contributed by atoms with Crippen LogP contribution in [0.3, 0.4) is 0 Å². The summed E-state index contributed by atoms with van der Waals surface area (Å²) in [5.41, 5.74) is 0. The molecular formula is C9H18N2O2. The van der Waals surface area contributed by atoms with Crippen LogP contribution in [0.5, 0.6) is 0 Å². The first-order valence-electron chi connectivity index (χ1n) is 4.52. The SMILES string of the molecule is CN(C)CCCNC(=O)CCC=O. The van der Waals surface area contributed by atoms with Crippen molar-refractivity contribution in [3.05, 3.63) is 0 Å². The van der Waals surface area contributed by atoms with E-state index < -0.39 is 0 Å². The van der Waals surface area contributed by atoms with Gasteiger partial charge in [-0.2, -0.15) is 0 Å². The summed E-state index contributed by atoms with van der Waals surface area (Å²) in [6, 6.07) is 0. The van der Waals surface area contributed by atoms with Crippen molar-refractivity contribution in [1.29, 1.82) is 0 Å². The van der Waals surface area contributed by atoms with Gasteiger partial charge in [0.05, 0.1) is 0 Å². The Morgan fingerprint density at radius 1 is 1.46 bits per heavy atom. The Balaban J connectivity index is 3.21. The molecule has 4 nitrogen and oxygen atoms in total. The van der Waals surface area contributed by atoms with E-state index in [-0.39, 0.29) is 5.91 Å². The maximum Gasteiger partial charge on any atom is 0.220 e. The van der Waals surface area contributed by atoms with Crippen LogP contribution in [0.25, 0.3) is 0 Å². The number of nitrogens with zero attached hydrogens (tertiary/aromatic N) is 1. The van der Waals surface area contributed by atoms with Crippen LogP contribution in [0.15, 0.2) is 0 Å². The topological polar surface area (TPSA) is 49.4 Å². The molecule has 0 aliphatic rings. The lowest BCUT2D eigenvalue weighted by Crippen LogP contribution is -2.26. The van der Waals surface area contributed by atoms with Gasteiger partial charge in [-0.25, -0.2) is 0 Å². The summed E-state index contributed by atoms with van der Waals surface area (Å²) in [5, 5.41) is 2.75. The number of aldehydes is 1. The number of rotatable bonds is 7. The molecule has 0 aromatic rings. The first-order chi connectivity index (χ1) is 6.16. The van der Waals surface area contributed by atoms with Crippen molar-refractivity contribution in [3.63, 3.8) is 0 Å². The van der Waals surface area contributed by atoms with Crippen molar-refractivity contribution in [2.75, 3.05) is 27.2 Å². The highest BCUT2D eigenvalue weighted by Crippen LogP contribution is 1.85. The Hall–Kier alpha value is -0.900. The van der Waals surface area contributed by atoms with Gasteiger partial charge >= 0.3 is 0 Å². The summed E-state index contributed by atoms with van der Waals surface area (Å²) in [7, 11) is 3.99. The summed E-state index contributed by atoms with van der Waals surface area (Å²) < 4.78 is 0. The van der Waals surface area contributed by atoms with Crippen LogP contribution in [0.2, 0.25) is 0 Å². The van der Waals surface area contributed by atoms with Crippen molar-refractivity contribution >= 4 is 12.2 Å². The van der Waals surface area contributed by atoms with Crippen LogP contribution in [-0.2, 0) is 9.59 Å². The van der Waals surface area contributed by atoms with E-state index in [9.17, 15) is 9.59 Å². The average molecular weight is 186 g/mol. The highest BCUT2D eigenvalue weighted by Gasteiger charge is 1.98. The molecule has 0 heterocycles. The Bertz CT molecular complexity index is 158. The van der Waals surface area contributed by atoms with E-state index in [1.807, 2.05) is 14.1 Å². The molecule has 0 bridgehead atoms. The Labute approximate surface area is 79.3 Å². The highest BCUT2D eigenvalue weighted by molar-refractivity contribution is 5.77. The summed E-state index contributed by atoms with van der Waals surface area (Å²) in [5.74, 6) is -0.0362. The normalized spacial score (nSPS) is 10.1. The number of carbonyl (C=O) groups excluding carboxylic acids is 2. The van der Waals surface area contributed by atoms with Gasteiger partial charge in [0.1, 0.15) is 6.29 Å². The molecule has 0 aromatic carbocycles. The van der Waals surface area contributed by atoms with Crippen LogP contribution in [-0.4, -0.2) is 44.3 Å². The molecule has 0 fully saturated rings. The van der Waals surface area contributed by atoms with E-state index in [2.05, 4.69) is 10.2 Å². The lowest BCUT2D eigenvalue weighted by molar-refractivity contribution is -0.122. The lowest BCUT2D eigenvalue weighted by Gasteiger charge is -2.09. The summed E-state index contributed by atoms with van der Waals surface area (Å²) in [6.07, 6.45) is 2.34. The van der Waals surface area contributed by atoms with Crippen LogP contribution in [0, 0.1) is 0 Å². The molecule has 0 aromatic heterocycles. The van der Waals surface area contributed by atoms with E-state index in [0.29, 0.717) is 19.4 Å². The molecule has 0 spiro atoms. The molecule has 0 aliphatic heterocycles. The predicted octanol–water partition coefficient (Wildman–Crippen LogP) is 0.0334. The highest BCUT2D eigenvalue weighted by atomic mass is 16.1. The fourth-order valence-corrected chi connectivity index (χ4v) is 0.902. The van der Waals surface area contributed by atoms with Gasteiger partial charge in [-0.1, -0.05) is 0 Å². The van der Waals surface area contributed by atoms with Crippen molar-refractivity contribution < 1.29 is 9.59 Å². The van der Waals surface area contributed by atoms with Crippen molar-refractivity contribution in [3.8, 4) is 0 Å². The molecule has 1 N–H and O–H groups in total. The largest absolute Gasteiger partial charge is 0.356 e. The summed E-state index contributed by atoms with van der Waals surface area (Å²) >= 11 is 0. The molecule has 0 unspecified atom stereocenters. The summed E-state index contributed by atoms with van der Waals surface area (Å²) in [6.45, 7) is 1.66. The van der Waals surface area contributed by atoms with Crippen LogP contribution >= 0.6 is 0 Å². The summed E-state index contributed by atoms with van der Waals surface area (Å²) in [4.78, 5) is 23.0. The van der Waals surface area contributed by atoms with E-state index in [1.165, 1.54) is 0 Å². The third-order valence-corrected chi connectivity index (χ3v) is 1.59. The second-order valence-corrected chi connectivity index (χ2v) is 3.21. The fourth-order valence-electron chi connectivity index (χ4n) is 0.902. The van der Waals surface area contributed by atoms with E-state index in [4.69, 9.17) is 0 Å². The third kappa shape index (κ3) is 9.01. The van der Waals surface area contributed by atoms with Gasteiger partial charge in [0, 0.05) is 19.4 Å². The van der Waals surface area contributed by atoms with Gasteiger partial charge < -0.3 is 15.0 Å². The molecule has 13 heavy (non-hydrogen) atoms. The van der Waals surface area contributed by atoms with Crippen molar-refractivity contribution in [1.82, 2.24) is 10.2 Å². The minimum Gasteiger partial charge on any atom is -0.356 e. The predicted molar refractivity (Wildman–Crippen MR) is 51.5 cm³/mol. The lowest BCUT2D eigenvalue weighted by atomic mass is 10.3. The zero-order chi connectivity index (χ0) is 10.1. The van der Waals surface area contributed by atoms with Gasteiger partial charge in [0.15, 0.2) is 0 Å². The maximum atomic E-state index is 11.0. The molecule has 4 heteroatoms. The van der Waals surface area contributed by atoms with Crippen LogP contribution in [0.4, 0.5) is 0 Å². The molecule has 0 saturated carbocycles. The van der Waals surface area contributed by atoms with Crippen molar-refractivity contribution in [2.24, 2.45) is 0 Å². The monoisotopic (exact) mass is 186 g/mol. The van der Waals surface area contributed by atoms with E-state index in [1.54, 1.807) is 0 Å². The third-order valence-electron chi connectivity index (χ3n) is 1.59. The smallest absolute Gasteiger partial charge is 0.220 e. The minimum atomic E-state index is -0.0362. The minimum absolute atomic E-state index is 0.0362. The standard InChI is InChI=1S/C9H18N2O2/c1-11(2)7-4-6-10-9(13)5-3-8-12/h8H,3-7H2,1-2H3,(H,10,13). The van der Waals surface area contributed by atoms with E-state index >= 15 is 0 Å². The van der Waals surface area contributed by atoms with E-state index in [0.717, 1.165) is 19.3 Å². The number of hydrogen-bond acceptors (Lipinski definition) is 3. The Kier molecular flexibility index (Phi) is 7.20. The van der Waals surface area contributed by atoms with Crippen LogP contribution < -0.4 is 5.32 Å². The second-order valence-electron chi connectivity index (χ2n) is 3.21. The number of amides is 1. The van der Waals surface area contributed by atoms with Gasteiger partial charge in [-0.05, 0) is 27.1 Å². The fraction of sp³-hybridized carbons (Fsp3) is 0.778. The van der Waals surface area contributed by atoms with Gasteiger partial charge in [0.2, 0.25) is 5.91 Å². The van der Waals surface area contributed by atoms with Crippen molar-refractivity contribution in [2.45, 2.75) is 19.3 Å². The zero-order valence-corrected chi connectivity index (χ0v) is 8.38. The van der Waals surface area contributed by atoms with Gasteiger partial charge in [-0.15, -0.1) is 0 Å². The number of hydrogen-bond donors (Lipinski definition) is 1. The molecule has 0 saturated heterocycles. The number of carbonyl (C=O) groups is 2. The molecule has 76 valence electrons. The zero-order valence-electron chi connectivity index (χ0n) is 8.38. The molecule has 1 amide bonds. The molecule has 0 rings (SSSR count). The Morgan fingerprint density at radius 3 is 2.69 bits per heavy atom. The Morgan fingerprint density at radius 2 is 2.15 bits per heavy atom. The first kappa shape index (κ1) is 12.1. The van der Waals surface area contributed by atoms with Gasteiger partial charge in [-0.3, -0.25) is 4.79 Å². The van der Waals surface area contributed by atoms with Gasteiger partial charge in [0.25, 0.3) is 0 Å².